The minimum Gasteiger partial charge on any atom is -0.360 e. The third-order valence-electron chi connectivity index (χ3n) is 3.18. The summed E-state index contributed by atoms with van der Waals surface area (Å²) in [7, 11) is 0. The molecule has 1 aromatic carbocycles. The standard InChI is InChI=1S/C15H17FN2O2/c1-4-9(2)17-15(19)13-10(3)20-18-14(13)11-6-5-7-12(16)8-11/h5-9H,4H2,1-3H3,(H,17,19). The second-order valence-electron chi connectivity index (χ2n) is 4.76. The second-order valence-corrected chi connectivity index (χ2v) is 4.76. The molecular weight excluding hydrogens is 259 g/mol. The maximum Gasteiger partial charge on any atom is 0.257 e. The molecule has 4 nitrogen and oxygen atoms in total. The first kappa shape index (κ1) is 14.2. The SMILES string of the molecule is CCC(C)NC(=O)c1c(-c2cccc(F)c2)noc1C. The Morgan fingerprint density at radius 3 is 2.90 bits per heavy atom. The van der Waals surface area contributed by atoms with Gasteiger partial charge >= 0.3 is 0 Å². The molecule has 0 aliphatic heterocycles. The van der Waals surface area contributed by atoms with E-state index in [-0.39, 0.29) is 17.8 Å². The molecule has 0 aliphatic rings. The lowest BCUT2D eigenvalue weighted by atomic mass is 10.1. The van der Waals surface area contributed by atoms with Gasteiger partial charge in [-0.25, -0.2) is 4.39 Å². The molecule has 1 N–H and O–H groups in total. The third-order valence-corrected chi connectivity index (χ3v) is 3.18. The molecule has 2 aromatic rings. The van der Waals surface area contributed by atoms with E-state index in [1.807, 2.05) is 13.8 Å². The predicted molar refractivity (Wildman–Crippen MR) is 73.9 cm³/mol. The molecule has 0 fully saturated rings. The number of hydrogen-bond acceptors (Lipinski definition) is 3. The average molecular weight is 276 g/mol. The van der Waals surface area contributed by atoms with Gasteiger partial charge in [0.25, 0.3) is 5.91 Å². The van der Waals surface area contributed by atoms with Crippen LogP contribution in [0.2, 0.25) is 0 Å². The van der Waals surface area contributed by atoms with Crippen LogP contribution in [0.15, 0.2) is 28.8 Å². The fraction of sp³-hybridized carbons (Fsp3) is 0.333. The number of nitrogens with zero attached hydrogens (tertiary/aromatic N) is 1. The monoisotopic (exact) mass is 276 g/mol. The van der Waals surface area contributed by atoms with Crippen LogP contribution in [-0.4, -0.2) is 17.1 Å². The molecule has 0 saturated heterocycles. The topological polar surface area (TPSA) is 55.1 Å². The van der Waals surface area contributed by atoms with Crippen molar-refractivity contribution in [2.24, 2.45) is 0 Å². The van der Waals surface area contributed by atoms with Crippen LogP contribution in [0.3, 0.4) is 0 Å². The van der Waals surface area contributed by atoms with E-state index in [9.17, 15) is 9.18 Å². The lowest BCUT2D eigenvalue weighted by Crippen LogP contribution is -2.32. The highest BCUT2D eigenvalue weighted by Crippen LogP contribution is 2.25. The van der Waals surface area contributed by atoms with Crippen LogP contribution >= 0.6 is 0 Å². The zero-order chi connectivity index (χ0) is 14.7. The summed E-state index contributed by atoms with van der Waals surface area (Å²) >= 11 is 0. The van der Waals surface area contributed by atoms with Crippen molar-refractivity contribution in [3.63, 3.8) is 0 Å². The van der Waals surface area contributed by atoms with E-state index in [1.54, 1.807) is 19.1 Å². The van der Waals surface area contributed by atoms with Gasteiger partial charge in [-0.3, -0.25) is 4.79 Å². The lowest BCUT2D eigenvalue weighted by Gasteiger charge is -2.11. The van der Waals surface area contributed by atoms with Crippen molar-refractivity contribution in [3.05, 3.63) is 41.4 Å². The molecule has 0 aliphatic carbocycles. The molecule has 1 heterocycles. The summed E-state index contributed by atoms with van der Waals surface area (Å²) in [4.78, 5) is 12.3. The average Bonchev–Trinajstić information content (AvgIpc) is 2.80. The smallest absolute Gasteiger partial charge is 0.257 e. The van der Waals surface area contributed by atoms with Crippen LogP contribution in [0.25, 0.3) is 11.3 Å². The molecule has 5 heteroatoms. The Hall–Kier alpha value is -2.17. The van der Waals surface area contributed by atoms with E-state index < -0.39 is 0 Å². The minimum absolute atomic E-state index is 0.0529. The number of carbonyl (C=O) groups is 1. The highest BCUT2D eigenvalue weighted by atomic mass is 19.1. The van der Waals surface area contributed by atoms with Gasteiger partial charge in [-0.1, -0.05) is 24.2 Å². The molecular formula is C15H17FN2O2. The van der Waals surface area contributed by atoms with Crippen molar-refractivity contribution >= 4 is 5.91 Å². The van der Waals surface area contributed by atoms with Crippen LogP contribution in [0.4, 0.5) is 4.39 Å². The zero-order valence-electron chi connectivity index (χ0n) is 11.7. The van der Waals surface area contributed by atoms with Gasteiger partial charge in [-0.05, 0) is 32.4 Å². The highest BCUT2D eigenvalue weighted by molar-refractivity contribution is 6.00. The van der Waals surface area contributed by atoms with E-state index in [0.29, 0.717) is 22.6 Å². The van der Waals surface area contributed by atoms with E-state index in [0.717, 1.165) is 6.42 Å². The van der Waals surface area contributed by atoms with Crippen molar-refractivity contribution in [2.75, 3.05) is 0 Å². The Kier molecular flexibility index (Phi) is 4.17. The summed E-state index contributed by atoms with van der Waals surface area (Å²) in [5.74, 6) is -0.209. The van der Waals surface area contributed by atoms with Gasteiger partial charge in [-0.15, -0.1) is 0 Å². The molecule has 0 spiro atoms. The van der Waals surface area contributed by atoms with Gasteiger partial charge < -0.3 is 9.84 Å². The Balaban J connectivity index is 2.39. The molecule has 1 amide bonds. The first-order valence-corrected chi connectivity index (χ1v) is 6.56. The first-order valence-electron chi connectivity index (χ1n) is 6.56. The van der Waals surface area contributed by atoms with E-state index in [4.69, 9.17) is 4.52 Å². The molecule has 1 atom stereocenters. The van der Waals surface area contributed by atoms with Gasteiger partial charge in [0.1, 0.15) is 22.8 Å². The number of aryl methyl sites for hydroxylation is 1. The highest BCUT2D eigenvalue weighted by Gasteiger charge is 2.22. The van der Waals surface area contributed by atoms with Gasteiger partial charge in [0.05, 0.1) is 0 Å². The van der Waals surface area contributed by atoms with Gasteiger partial charge in [0.2, 0.25) is 0 Å². The second kappa shape index (κ2) is 5.86. The van der Waals surface area contributed by atoms with Crippen LogP contribution < -0.4 is 5.32 Å². The Morgan fingerprint density at radius 2 is 2.25 bits per heavy atom. The van der Waals surface area contributed by atoms with Crippen molar-refractivity contribution in [3.8, 4) is 11.3 Å². The lowest BCUT2D eigenvalue weighted by molar-refractivity contribution is 0.0938. The summed E-state index contributed by atoms with van der Waals surface area (Å²) in [6.45, 7) is 5.57. The van der Waals surface area contributed by atoms with Gasteiger partial charge in [-0.2, -0.15) is 0 Å². The first-order chi connectivity index (χ1) is 9.52. The van der Waals surface area contributed by atoms with E-state index in [2.05, 4.69) is 10.5 Å². The number of nitrogens with one attached hydrogen (secondary N) is 1. The van der Waals surface area contributed by atoms with Crippen molar-refractivity contribution in [1.82, 2.24) is 10.5 Å². The Morgan fingerprint density at radius 1 is 1.50 bits per heavy atom. The van der Waals surface area contributed by atoms with Crippen LogP contribution in [0, 0.1) is 12.7 Å². The maximum atomic E-state index is 13.3. The predicted octanol–water partition coefficient (Wildman–Crippen LogP) is 3.32. The molecule has 20 heavy (non-hydrogen) atoms. The molecule has 1 unspecified atom stereocenters. The largest absolute Gasteiger partial charge is 0.360 e. The van der Waals surface area contributed by atoms with Gasteiger partial charge in [0, 0.05) is 11.6 Å². The van der Waals surface area contributed by atoms with Gasteiger partial charge in [0.15, 0.2) is 0 Å². The maximum absolute atomic E-state index is 13.3. The molecule has 0 bridgehead atoms. The Labute approximate surface area is 117 Å². The van der Waals surface area contributed by atoms with Crippen LogP contribution in [0.5, 0.6) is 0 Å². The fourth-order valence-electron chi connectivity index (χ4n) is 1.87. The van der Waals surface area contributed by atoms with Crippen LogP contribution in [0.1, 0.15) is 36.4 Å². The normalized spacial score (nSPS) is 12.2. The molecule has 1 aromatic heterocycles. The van der Waals surface area contributed by atoms with Crippen molar-refractivity contribution in [2.45, 2.75) is 33.2 Å². The quantitative estimate of drug-likeness (QED) is 0.932. The Bertz CT molecular complexity index is 622. The number of aromatic nitrogens is 1. The molecule has 2 rings (SSSR count). The summed E-state index contributed by atoms with van der Waals surface area (Å²) in [6.07, 6.45) is 0.825. The van der Waals surface area contributed by atoms with Crippen LogP contribution in [-0.2, 0) is 0 Å². The summed E-state index contributed by atoms with van der Waals surface area (Å²) in [5.41, 5.74) is 1.25. The number of carbonyl (C=O) groups excluding carboxylic acids is 1. The number of benzene rings is 1. The minimum atomic E-state index is -0.378. The van der Waals surface area contributed by atoms with Crippen molar-refractivity contribution in [1.29, 1.82) is 0 Å². The van der Waals surface area contributed by atoms with Crippen molar-refractivity contribution < 1.29 is 13.7 Å². The summed E-state index contributed by atoms with van der Waals surface area (Å²) in [5, 5.41) is 6.74. The number of hydrogen-bond donors (Lipinski definition) is 1. The summed E-state index contributed by atoms with van der Waals surface area (Å²) in [6, 6.07) is 6.00. The fourth-order valence-corrected chi connectivity index (χ4v) is 1.87. The number of amides is 1. The molecule has 106 valence electrons. The molecule has 0 radical (unpaired) electrons. The van der Waals surface area contributed by atoms with E-state index in [1.165, 1.54) is 12.1 Å². The van der Waals surface area contributed by atoms with E-state index >= 15 is 0 Å². The summed E-state index contributed by atoms with van der Waals surface area (Å²) < 4.78 is 18.4. The number of halogens is 1. The zero-order valence-corrected chi connectivity index (χ0v) is 11.7. The molecule has 0 saturated carbocycles. The number of rotatable bonds is 4. The third kappa shape index (κ3) is 2.87.